The van der Waals surface area contributed by atoms with Crippen molar-refractivity contribution >= 4 is 35.8 Å². The van der Waals surface area contributed by atoms with Crippen LogP contribution in [0.4, 0.5) is 0 Å². The monoisotopic (exact) mass is 355 g/mol. The molecular formula is C12H27Cl3PTi. The topological polar surface area (TPSA) is 0 Å². The number of unbranched alkanes of at least 4 members (excludes halogenated alkanes) is 3. The molecule has 0 aliphatic rings. The number of rotatable bonds is 9. The van der Waals surface area contributed by atoms with Crippen molar-refractivity contribution in [3.05, 3.63) is 0 Å². The Hall–Kier alpha value is 2.01. The fourth-order valence-electron chi connectivity index (χ4n) is 1.48. The van der Waals surface area contributed by atoms with Crippen molar-refractivity contribution in [2.75, 3.05) is 18.5 Å². The third-order valence-corrected chi connectivity index (χ3v) is 5.33. The molecule has 0 saturated carbocycles. The van der Waals surface area contributed by atoms with Crippen LogP contribution in [0.25, 0.3) is 0 Å². The third-order valence-electron chi connectivity index (χ3n) is 2.48. The molecule has 0 heterocycles. The summed E-state index contributed by atoms with van der Waals surface area (Å²) in [5.41, 5.74) is 0. The van der Waals surface area contributed by atoms with Crippen molar-refractivity contribution in [1.29, 1.82) is 0 Å². The standard InChI is InChI=1S/C12H27P.3ClH.Ti/c1-4-7-10-13(11-8-5-2)12-9-6-3;;;;/h4-12H2,1-3H3;3*1H;/q;;;;+3/p-3. The second-order valence-electron chi connectivity index (χ2n) is 4.12. The van der Waals surface area contributed by atoms with E-state index >= 15 is 0 Å². The van der Waals surface area contributed by atoms with Crippen molar-refractivity contribution < 1.29 is 14.7 Å². The van der Waals surface area contributed by atoms with Crippen molar-refractivity contribution in [3.8, 4) is 0 Å². The Bertz CT molecular complexity index is 115. The Morgan fingerprint density at radius 1 is 0.706 bits per heavy atom. The van der Waals surface area contributed by atoms with Crippen molar-refractivity contribution in [1.82, 2.24) is 0 Å². The molecule has 0 unspecified atom stereocenters. The minimum absolute atomic E-state index is 0.422. The van der Waals surface area contributed by atoms with Gasteiger partial charge in [0, 0.05) is 0 Å². The predicted octanol–water partition coefficient (Wildman–Crippen LogP) is 6.93. The second-order valence-corrected chi connectivity index (χ2v) is 14.5. The summed E-state index contributed by atoms with van der Waals surface area (Å²) in [6, 6.07) is 0. The van der Waals surface area contributed by atoms with Crippen molar-refractivity contribution in [2.45, 2.75) is 59.3 Å². The fraction of sp³-hybridized carbons (Fsp3) is 1.00. The average molecular weight is 357 g/mol. The van der Waals surface area contributed by atoms with Crippen molar-refractivity contribution in [2.24, 2.45) is 0 Å². The Morgan fingerprint density at radius 2 is 0.941 bits per heavy atom. The van der Waals surface area contributed by atoms with Gasteiger partial charge in [0.1, 0.15) is 0 Å². The molecule has 0 aromatic heterocycles. The van der Waals surface area contributed by atoms with Crippen LogP contribution >= 0.6 is 35.8 Å². The summed E-state index contributed by atoms with van der Waals surface area (Å²) in [4.78, 5) is 0. The number of hydrogen-bond acceptors (Lipinski definition) is 0. The molecule has 0 saturated heterocycles. The summed E-state index contributed by atoms with van der Waals surface area (Å²) in [6.45, 7) is 6.94. The number of hydrogen-bond donors (Lipinski definition) is 0. The van der Waals surface area contributed by atoms with E-state index in [1.54, 1.807) is 18.5 Å². The maximum absolute atomic E-state index is 4.97. The van der Waals surface area contributed by atoms with Crippen LogP contribution in [0.1, 0.15) is 59.3 Å². The summed E-state index contributed by atoms with van der Waals surface area (Å²) < 4.78 is 0. The van der Waals surface area contributed by atoms with E-state index in [-0.39, 0.29) is 0 Å². The third kappa shape index (κ3) is 23.5. The molecule has 0 aliphatic carbocycles. The first-order valence-electron chi connectivity index (χ1n) is 6.64. The first-order chi connectivity index (χ1) is 8.08. The summed E-state index contributed by atoms with van der Waals surface area (Å²) >= 11 is -1.92. The first kappa shape index (κ1) is 21.3. The summed E-state index contributed by atoms with van der Waals surface area (Å²) in [6.07, 6.45) is 13.2. The molecule has 0 rings (SSSR count). The molecule has 0 bridgehead atoms. The van der Waals surface area contributed by atoms with Gasteiger partial charge >= 0.3 is 42.6 Å². The SMILES string of the molecule is CCCCP(CCCC)CCCC.[Cl][Ti]([Cl])[Cl]. The summed E-state index contributed by atoms with van der Waals surface area (Å²) in [5, 5.41) is 0. The van der Waals surface area contributed by atoms with E-state index < -0.39 is 14.7 Å². The maximum atomic E-state index is 4.97. The van der Waals surface area contributed by atoms with Gasteiger partial charge in [0.2, 0.25) is 0 Å². The Balaban J connectivity index is 0. The normalized spacial score (nSPS) is 10.1. The fourth-order valence-corrected chi connectivity index (χ4v) is 4.44. The predicted molar refractivity (Wildman–Crippen MR) is 83.8 cm³/mol. The van der Waals surface area contributed by atoms with Gasteiger partial charge in [-0.2, -0.15) is 0 Å². The molecule has 5 heteroatoms. The average Bonchev–Trinajstić information content (AvgIpc) is 2.27. The zero-order valence-corrected chi connectivity index (χ0v) is 16.2. The molecule has 0 aliphatic heterocycles. The first-order valence-corrected chi connectivity index (χ1v) is 15.0. The van der Waals surface area contributed by atoms with Gasteiger partial charge in [0.15, 0.2) is 0 Å². The van der Waals surface area contributed by atoms with Gasteiger partial charge in [-0.25, -0.2) is 0 Å². The van der Waals surface area contributed by atoms with E-state index in [9.17, 15) is 0 Å². The van der Waals surface area contributed by atoms with Gasteiger partial charge in [-0.15, -0.1) is 7.92 Å². The minimum atomic E-state index is -1.92. The quantitative estimate of drug-likeness (QED) is 0.310. The van der Waals surface area contributed by atoms with Crippen LogP contribution in [0.15, 0.2) is 0 Å². The summed E-state index contributed by atoms with van der Waals surface area (Å²) in [5.74, 6) is 0. The molecule has 0 aromatic rings. The second kappa shape index (κ2) is 18.0. The molecule has 17 heavy (non-hydrogen) atoms. The van der Waals surface area contributed by atoms with E-state index in [1.807, 2.05) is 0 Å². The van der Waals surface area contributed by atoms with Crippen LogP contribution in [-0.2, 0) is 14.7 Å². The molecular weight excluding hydrogens is 329 g/mol. The Labute approximate surface area is 127 Å². The van der Waals surface area contributed by atoms with Crippen LogP contribution in [-0.4, -0.2) is 18.5 Å². The Morgan fingerprint density at radius 3 is 1.12 bits per heavy atom. The zero-order valence-electron chi connectivity index (χ0n) is 11.4. The van der Waals surface area contributed by atoms with E-state index in [0.717, 1.165) is 0 Å². The van der Waals surface area contributed by atoms with Gasteiger partial charge in [0.05, 0.1) is 0 Å². The molecule has 105 valence electrons. The van der Waals surface area contributed by atoms with Crippen molar-refractivity contribution in [3.63, 3.8) is 0 Å². The molecule has 0 nitrogen and oxygen atoms in total. The van der Waals surface area contributed by atoms with Crippen LogP contribution in [0.5, 0.6) is 0 Å². The van der Waals surface area contributed by atoms with Gasteiger partial charge in [-0.3, -0.25) is 0 Å². The van der Waals surface area contributed by atoms with Gasteiger partial charge in [-0.05, 0) is 37.7 Å². The Kier molecular flexibility index (Phi) is 22.6. The van der Waals surface area contributed by atoms with E-state index in [4.69, 9.17) is 27.9 Å². The molecule has 0 spiro atoms. The van der Waals surface area contributed by atoms with Crippen LogP contribution < -0.4 is 0 Å². The number of halogens is 3. The molecule has 0 fully saturated rings. The zero-order chi connectivity index (χ0) is 13.5. The molecule has 0 amide bonds. The van der Waals surface area contributed by atoms with E-state index in [2.05, 4.69) is 20.8 Å². The van der Waals surface area contributed by atoms with E-state index in [0.29, 0.717) is 7.92 Å². The van der Waals surface area contributed by atoms with Gasteiger partial charge in [0.25, 0.3) is 0 Å². The van der Waals surface area contributed by atoms with Gasteiger partial charge in [-0.1, -0.05) is 40.0 Å². The molecule has 0 aromatic carbocycles. The van der Waals surface area contributed by atoms with Crippen LogP contribution in [0.3, 0.4) is 0 Å². The summed E-state index contributed by atoms with van der Waals surface area (Å²) in [7, 11) is 15.3. The molecule has 0 N–H and O–H groups in total. The molecule has 0 radical (unpaired) electrons. The van der Waals surface area contributed by atoms with E-state index in [1.165, 1.54) is 38.5 Å². The van der Waals surface area contributed by atoms with Crippen LogP contribution in [0, 0.1) is 0 Å². The molecule has 0 atom stereocenters. The van der Waals surface area contributed by atoms with Crippen LogP contribution in [0.2, 0.25) is 0 Å². The van der Waals surface area contributed by atoms with Gasteiger partial charge < -0.3 is 0 Å².